The lowest BCUT2D eigenvalue weighted by Gasteiger charge is -2.05. The first-order valence-corrected chi connectivity index (χ1v) is 7.22. The Morgan fingerprint density at radius 3 is 2.94 bits per heavy atom. The molecule has 0 unspecified atom stereocenters. The molecule has 0 amide bonds. The van der Waals surface area contributed by atoms with Gasteiger partial charge < -0.3 is 10.5 Å². The number of benzene rings is 1. The van der Waals surface area contributed by atoms with E-state index in [-0.39, 0.29) is 0 Å². The maximum atomic E-state index is 5.49. The van der Waals surface area contributed by atoms with Crippen LogP contribution in [0.15, 0.2) is 22.7 Å². The highest BCUT2D eigenvalue weighted by Gasteiger charge is 2.11. The molecule has 0 aliphatic rings. The number of nitrogens with two attached hydrogens (primary N) is 1. The van der Waals surface area contributed by atoms with Gasteiger partial charge in [0.2, 0.25) is 0 Å². The Labute approximate surface area is 118 Å². The van der Waals surface area contributed by atoms with Crippen molar-refractivity contribution in [2.45, 2.75) is 12.8 Å². The van der Waals surface area contributed by atoms with Gasteiger partial charge in [-0.05, 0) is 31.2 Å². The smallest absolute Gasteiger partial charge is 0.151 e. The Hall–Kier alpha value is -0.980. The second-order valence-electron chi connectivity index (χ2n) is 3.74. The number of halogens is 1. The summed E-state index contributed by atoms with van der Waals surface area (Å²) in [5.41, 5.74) is 6.46. The molecule has 0 saturated heterocycles. The van der Waals surface area contributed by atoms with E-state index < -0.39 is 0 Å². The molecule has 0 radical (unpaired) electrons. The molecule has 1 heterocycles. The Balaban J connectivity index is 2.28. The van der Waals surface area contributed by atoms with E-state index in [9.17, 15) is 0 Å². The van der Waals surface area contributed by atoms with Gasteiger partial charge in [0, 0.05) is 10.9 Å². The van der Waals surface area contributed by atoms with Crippen LogP contribution in [0, 0.1) is 0 Å². The van der Waals surface area contributed by atoms with Crippen LogP contribution < -0.4 is 10.5 Å². The zero-order chi connectivity index (χ0) is 13.0. The van der Waals surface area contributed by atoms with Crippen molar-refractivity contribution in [3.63, 3.8) is 0 Å². The van der Waals surface area contributed by atoms with Crippen LogP contribution in [0.3, 0.4) is 0 Å². The van der Waals surface area contributed by atoms with E-state index >= 15 is 0 Å². The fourth-order valence-corrected chi connectivity index (χ4v) is 2.81. The van der Waals surface area contributed by atoms with Crippen LogP contribution in [0.5, 0.6) is 5.75 Å². The van der Waals surface area contributed by atoms with Gasteiger partial charge in [0.05, 0.1) is 12.7 Å². The van der Waals surface area contributed by atoms with Crippen molar-refractivity contribution < 1.29 is 4.74 Å². The average molecular weight is 328 g/mol. The van der Waals surface area contributed by atoms with Gasteiger partial charge >= 0.3 is 0 Å². The molecule has 0 atom stereocenters. The molecule has 1 aromatic carbocycles. The lowest BCUT2D eigenvalue weighted by atomic mass is 10.2. The molecule has 2 rings (SSSR count). The van der Waals surface area contributed by atoms with Gasteiger partial charge in [-0.2, -0.15) is 0 Å². The van der Waals surface area contributed by atoms with Crippen molar-refractivity contribution in [3.05, 3.63) is 27.7 Å². The number of rotatable bonds is 5. The minimum absolute atomic E-state index is 0.677. The van der Waals surface area contributed by atoms with Gasteiger partial charge in [-0.1, -0.05) is 27.3 Å². The normalized spacial score (nSPS) is 10.6. The summed E-state index contributed by atoms with van der Waals surface area (Å²) < 4.78 is 6.34. The van der Waals surface area contributed by atoms with Crippen molar-refractivity contribution >= 4 is 27.3 Å². The van der Waals surface area contributed by atoms with Crippen LogP contribution in [0.4, 0.5) is 0 Å². The molecule has 6 heteroatoms. The van der Waals surface area contributed by atoms with Gasteiger partial charge in [-0.25, -0.2) is 0 Å². The van der Waals surface area contributed by atoms with E-state index in [1.54, 1.807) is 18.4 Å². The van der Waals surface area contributed by atoms with E-state index in [4.69, 9.17) is 10.5 Å². The number of aromatic nitrogens is 2. The summed E-state index contributed by atoms with van der Waals surface area (Å²) in [4.78, 5) is 0. The fraction of sp³-hybridized carbons (Fsp3) is 0.333. The van der Waals surface area contributed by atoms with Crippen molar-refractivity contribution in [2.24, 2.45) is 5.73 Å². The molecule has 2 aromatic rings. The molecule has 18 heavy (non-hydrogen) atoms. The number of hydrogen-bond donors (Lipinski definition) is 1. The van der Waals surface area contributed by atoms with Crippen LogP contribution in [0.1, 0.15) is 11.4 Å². The van der Waals surface area contributed by atoms with Crippen LogP contribution in [-0.4, -0.2) is 23.9 Å². The van der Waals surface area contributed by atoms with Gasteiger partial charge in [0.25, 0.3) is 0 Å². The minimum atomic E-state index is 0.677. The zero-order valence-electron chi connectivity index (χ0n) is 10.0. The first-order valence-electron chi connectivity index (χ1n) is 5.61. The third-order valence-electron chi connectivity index (χ3n) is 2.46. The second kappa shape index (κ2) is 6.26. The number of methoxy groups -OCH3 is 1. The average Bonchev–Trinajstić information content (AvgIpc) is 2.84. The third kappa shape index (κ3) is 3.07. The van der Waals surface area contributed by atoms with Crippen LogP contribution in [0.2, 0.25) is 0 Å². The summed E-state index contributed by atoms with van der Waals surface area (Å²) in [6.07, 6.45) is 1.82. The molecule has 0 aliphatic carbocycles. The molecule has 2 N–H and O–H groups in total. The van der Waals surface area contributed by atoms with Crippen LogP contribution >= 0.6 is 27.3 Å². The number of aryl methyl sites for hydroxylation is 1. The molecule has 0 fully saturated rings. The predicted octanol–water partition coefficient (Wildman–Crippen LogP) is 2.87. The Morgan fingerprint density at radius 2 is 2.22 bits per heavy atom. The second-order valence-corrected chi connectivity index (χ2v) is 5.72. The summed E-state index contributed by atoms with van der Waals surface area (Å²) >= 11 is 5.01. The SMILES string of the molecule is COc1cc(Br)ccc1-c1nnc(CCCN)s1. The van der Waals surface area contributed by atoms with E-state index in [1.807, 2.05) is 18.2 Å². The van der Waals surface area contributed by atoms with Gasteiger partial charge in [-0.15, -0.1) is 10.2 Å². The number of nitrogens with zero attached hydrogens (tertiary/aromatic N) is 2. The number of hydrogen-bond acceptors (Lipinski definition) is 5. The van der Waals surface area contributed by atoms with E-state index in [0.717, 1.165) is 38.6 Å². The topological polar surface area (TPSA) is 61.0 Å². The highest BCUT2D eigenvalue weighted by Crippen LogP contribution is 2.34. The molecule has 0 aliphatic heterocycles. The van der Waals surface area contributed by atoms with E-state index in [0.29, 0.717) is 6.54 Å². The highest BCUT2D eigenvalue weighted by atomic mass is 79.9. The van der Waals surface area contributed by atoms with Crippen molar-refractivity contribution in [2.75, 3.05) is 13.7 Å². The molecule has 0 saturated carbocycles. The lowest BCUT2D eigenvalue weighted by molar-refractivity contribution is 0.416. The standard InChI is InChI=1S/C12H14BrN3OS/c1-17-10-7-8(13)4-5-9(10)12-16-15-11(18-12)3-2-6-14/h4-5,7H,2-3,6,14H2,1H3. The van der Waals surface area contributed by atoms with Crippen molar-refractivity contribution in [3.8, 4) is 16.3 Å². The van der Waals surface area contributed by atoms with Gasteiger partial charge in [-0.3, -0.25) is 0 Å². The van der Waals surface area contributed by atoms with Crippen LogP contribution in [-0.2, 0) is 6.42 Å². The molecule has 0 bridgehead atoms. The molecule has 1 aromatic heterocycles. The Kier molecular flexibility index (Phi) is 4.68. The first-order chi connectivity index (χ1) is 8.74. The summed E-state index contributed by atoms with van der Waals surface area (Å²) in [5, 5.41) is 10.3. The summed E-state index contributed by atoms with van der Waals surface area (Å²) in [6.45, 7) is 0.677. The Morgan fingerprint density at radius 1 is 1.39 bits per heavy atom. The van der Waals surface area contributed by atoms with E-state index in [1.165, 1.54) is 0 Å². The molecular formula is C12H14BrN3OS. The van der Waals surface area contributed by atoms with Crippen LogP contribution in [0.25, 0.3) is 10.6 Å². The number of ether oxygens (including phenoxy) is 1. The maximum Gasteiger partial charge on any atom is 0.151 e. The minimum Gasteiger partial charge on any atom is -0.496 e. The van der Waals surface area contributed by atoms with Crippen molar-refractivity contribution in [1.29, 1.82) is 0 Å². The molecule has 4 nitrogen and oxygen atoms in total. The quantitative estimate of drug-likeness (QED) is 0.917. The maximum absolute atomic E-state index is 5.49. The van der Waals surface area contributed by atoms with Gasteiger partial charge in [0.15, 0.2) is 5.01 Å². The predicted molar refractivity (Wildman–Crippen MR) is 77.0 cm³/mol. The fourth-order valence-electron chi connectivity index (χ4n) is 1.56. The highest BCUT2D eigenvalue weighted by molar-refractivity contribution is 9.10. The zero-order valence-corrected chi connectivity index (χ0v) is 12.4. The monoisotopic (exact) mass is 327 g/mol. The van der Waals surface area contributed by atoms with Gasteiger partial charge in [0.1, 0.15) is 10.8 Å². The third-order valence-corrected chi connectivity index (χ3v) is 3.97. The largest absolute Gasteiger partial charge is 0.496 e. The lowest BCUT2D eigenvalue weighted by Crippen LogP contribution is -1.99. The molecule has 96 valence electrons. The summed E-state index contributed by atoms with van der Waals surface area (Å²) in [5.74, 6) is 0.797. The van der Waals surface area contributed by atoms with E-state index in [2.05, 4.69) is 26.1 Å². The first kappa shape index (κ1) is 13.5. The summed E-state index contributed by atoms with van der Waals surface area (Å²) in [6, 6.07) is 5.88. The summed E-state index contributed by atoms with van der Waals surface area (Å²) in [7, 11) is 1.65. The Bertz CT molecular complexity index is 530. The molecular weight excluding hydrogens is 314 g/mol. The van der Waals surface area contributed by atoms with Crippen molar-refractivity contribution in [1.82, 2.24) is 10.2 Å². The molecule has 0 spiro atoms.